The molecule has 0 bridgehead atoms. The van der Waals surface area contributed by atoms with Crippen molar-refractivity contribution < 1.29 is 14.2 Å². The Balaban J connectivity index is 1.31. The van der Waals surface area contributed by atoms with Crippen LogP contribution < -0.4 is 0 Å². The highest BCUT2D eigenvalue weighted by Gasteiger charge is 2.25. The van der Waals surface area contributed by atoms with Crippen LogP contribution in [-0.2, 0) is 27.4 Å². The summed E-state index contributed by atoms with van der Waals surface area (Å²) in [5.41, 5.74) is 2.04. The Bertz CT molecular complexity index is 937. The molecule has 3 atom stereocenters. The molecular formula is C24H26Cl2N2O3. The van der Waals surface area contributed by atoms with Gasteiger partial charge in [-0.25, -0.2) is 4.98 Å². The van der Waals surface area contributed by atoms with Gasteiger partial charge in [-0.15, -0.1) is 0 Å². The molecular weight excluding hydrogens is 435 g/mol. The molecule has 164 valence electrons. The molecule has 2 aromatic carbocycles. The van der Waals surface area contributed by atoms with E-state index in [1.54, 1.807) is 12.3 Å². The number of hydrogen-bond donors (Lipinski definition) is 0. The van der Waals surface area contributed by atoms with Crippen LogP contribution in [0, 0.1) is 0 Å². The first-order valence-corrected chi connectivity index (χ1v) is 11.3. The van der Waals surface area contributed by atoms with Gasteiger partial charge in [0, 0.05) is 22.4 Å². The van der Waals surface area contributed by atoms with Gasteiger partial charge in [-0.05, 0) is 42.5 Å². The second-order valence-electron chi connectivity index (χ2n) is 7.66. The normalized spacial score (nSPS) is 19.9. The number of rotatable bonds is 9. The Hall–Kier alpha value is -1.89. The van der Waals surface area contributed by atoms with Gasteiger partial charge in [0.1, 0.15) is 6.10 Å². The molecule has 1 aliphatic heterocycles. The Morgan fingerprint density at radius 1 is 1.13 bits per heavy atom. The Labute approximate surface area is 192 Å². The highest BCUT2D eigenvalue weighted by atomic mass is 35.5. The summed E-state index contributed by atoms with van der Waals surface area (Å²) >= 11 is 12.2. The van der Waals surface area contributed by atoms with Crippen molar-refractivity contribution in [2.24, 2.45) is 0 Å². The Morgan fingerprint density at radius 3 is 2.77 bits per heavy atom. The van der Waals surface area contributed by atoms with Gasteiger partial charge in [0.05, 0.1) is 32.2 Å². The Morgan fingerprint density at radius 2 is 2.00 bits per heavy atom. The average Bonchev–Trinajstić information content (AvgIpc) is 3.30. The molecule has 0 N–H and O–H groups in total. The van der Waals surface area contributed by atoms with Crippen molar-refractivity contribution in [2.45, 2.75) is 50.9 Å². The van der Waals surface area contributed by atoms with Crippen molar-refractivity contribution in [2.75, 3.05) is 6.61 Å². The molecule has 2 heterocycles. The fourth-order valence-electron chi connectivity index (χ4n) is 3.66. The molecule has 3 aromatic rings. The number of benzene rings is 2. The van der Waals surface area contributed by atoms with E-state index in [4.69, 9.17) is 37.4 Å². The van der Waals surface area contributed by atoms with Gasteiger partial charge < -0.3 is 18.8 Å². The second-order valence-corrected chi connectivity index (χ2v) is 8.50. The van der Waals surface area contributed by atoms with E-state index in [-0.39, 0.29) is 18.5 Å². The first kappa shape index (κ1) is 22.3. The summed E-state index contributed by atoms with van der Waals surface area (Å²) in [6.07, 6.45) is 8.03. The summed E-state index contributed by atoms with van der Waals surface area (Å²) in [5.74, 6) is 0. The van der Waals surface area contributed by atoms with E-state index in [1.807, 2.05) is 47.4 Å². The number of nitrogens with zero attached hydrogens (tertiary/aromatic N) is 2. The van der Waals surface area contributed by atoms with Gasteiger partial charge in [0.25, 0.3) is 0 Å². The van der Waals surface area contributed by atoms with E-state index >= 15 is 0 Å². The van der Waals surface area contributed by atoms with Gasteiger partial charge in [-0.1, -0.05) is 59.6 Å². The van der Waals surface area contributed by atoms with Crippen molar-refractivity contribution >= 4 is 23.2 Å². The lowest BCUT2D eigenvalue weighted by atomic mass is 10.1. The molecule has 1 aromatic heterocycles. The van der Waals surface area contributed by atoms with Gasteiger partial charge in [-0.3, -0.25) is 0 Å². The van der Waals surface area contributed by atoms with E-state index in [1.165, 1.54) is 0 Å². The number of ether oxygens (including phenoxy) is 3. The SMILES string of the molecule is Clc1ccc(CO[C@H]2CCC[C@H](COC(Cn3ccnc3)c3ccccc3)O2)c(Cl)c1. The zero-order valence-electron chi connectivity index (χ0n) is 17.2. The summed E-state index contributed by atoms with van der Waals surface area (Å²) in [6.45, 7) is 1.60. The van der Waals surface area contributed by atoms with Crippen molar-refractivity contribution in [3.05, 3.63) is 88.4 Å². The first-order valence-electron chi connectivity index (χ1n) is 10.5. The summed E-state index contributed by atoms with van der Waals surface area (Å²) in [4.78, 5) is 4.13. The molecule has 0 saturated carbocycles. The number of aromatic nitrogens is 2. The van der Waals surface area contributed by atoms with E-state index in [2.05, 4.69) is 17.1 Å². The van der Waals surface area contributed by atoms with Crippen molar-refractivity contribution in [3.63, 3.8) is 0 Å². The lowest BCUT2D eigenvalue weighted by Crippen LogP contribution is -2.33. The maximum atomic E-state index is 6.32. The smallest absolute Gasteiger partial charge is 0.158 e. The lowest BCUT2D eigenvalue weighted by Gasteiger charge is -2.31. The molecule has 0 radical (unpaired) electrons. The molecule has 0 amide bonds. The van der Waals surface area contributed by atoms with E-state index in [9.17, 15) is 0 Å². The minimum absolute atomic E-state index is 0.00607. The molecule has 1 unspecified atom stereocenters. The van der Waals surface area contributed by atoms with Gasteiger partial charge in [-0.2, -0.15) is 0 Å². The molecule has 4 rings (SSSR count). The molecule has 0 spiro atoms. The molecule has 0 aliphatic carbocycles. The summed E-state index contributed by atoms with van der Waals surface area (Å²) in [7, 11) is 0. The predicted molar refractivity (Wildman–Crippen MR) is 121 cm³/mol. The number of imidazole rings is 1. The quantitative estimate of drug-likeness (QED) is 0.389. The first-order chi connectivity index (χ1) is 15.2. The topological polar surface area (TPSA) is 45.5 Å². The molecule has 1 saturated heterocycles. The molecule has 7 heteroatoms. The van der Waals surface area contributed by atoms with Gasteiger partial charge in [0.15, 0.2) is 6.29 Å². The maximum absolute atomic E-state index is 6.32. The fourth-order valence-corrected chi connectivity index (χ4v) is 4.12. The van der Waals surface area contributed by atoms with E-state index < -0.39 is 0 Å². The van der Waals surface area contributed by atoms with Crippen LogP contribution in [0.5, 0.6) is 0 Å². The van der Waals surface area contributed by atoms with E-state index in [0.29, 0.717) is 29.8 Å². The van der Waals surface area contributed by atoms with Crippen molar-refractivity contribution in [3.8, 4) is 0 Å². The Kier molecular flexibility index (Phi) is 8.00. The third kappa shape index (κ3) is 6.55. The molecule has 31 heavy (non-hydrogen) atoms. The maximum Gasteiger partial charge on any atom is 0.158 e. The minimum atomic E-state index is -0.266. The number of halogens is 2. The lowest BCUT2D eigenvalue weighted by molar-refractivity contribution is -0.213. The third-order valence-corrected chi connectivity index (χ3v) is 5.93. The van der Waals surface area contributed by atoms with Crippen LogP contribution in [0.4, 0.5) is 0 Å². The fraction of sp³-hybridized carbons (Fsp3) is 0.375. The third-order valence-electron chi connectivity index (χ3n) is 5.34. The monoisotopic (exact) mass is 460 g/mol. The summed E-state index contributed by atoms with van der Waals surface area (Å²) in [5, 5.41) is 1.22. The van der Waals surface area contributed by atoms with Crippen molar-refractivity contribution in [1.82, 2.24) is 9.55 Å². The van der Waals surface area contributed by atoms with Crippen LogP contribution in [-0.4, -0.2) is 28.6 Å². The van der Waals surface area contributed by atoms with Gasteiger partial charge in [0.2, 0.25) is 0 Å². The van der Waals surface area contributed by atoms with Crippen LogP contribution in [0.25, 0.3) is 0 Å². The molecule has 5 nitrogen and oxygen atoms in total. The van der Waals surface area contributed by atoms with Crippen LogP contribution in [0.2, 0.25) is 10.0 Å². The highest BCUT2D eigenvalue weighted by Crippen LogP contribution is 2.27. The highest BCUT2D eigenvalue weighted by molar-refractivity contribution is 6.35. The van der Waals surface area contributed by atoms with Crippen LogP contribution in [0.3, 0.4) is 0 Å². The predicted octanol–water partition coefficient (Wildman–Crippen LogP) is 6.06. The van der Waals surface area contributed by atoms with Crippen LogP contribution in [0.1, 0.15) is 36.5 Å². The zero-order valence-corrected chi connectivity index (χ0v) is 18.7. The number of hydrogen-bond acceptors (Lipinski definition) is 4. The minimum Gasteiger partial charge on any atom is -0.369 e. The van der Waals surface area contributed by atoms with E-state index in [0.717, 1.165) is 30.4 Å². The average molecular weight is 461 g/mol. The van der Waals surface area contributed by atoms with Crippen LogP contribution >= 0.6 is 23.2 Å². The molecule has 1 fully saturated rings. The largest absolute Gasteiger partial charge is 0.369 e. The zero-order chi connectivity index (χ0) is 21.5. The van der Waals surface area contributed by atoms with Crippen molar-refractivity contribution in [1.29, 1.82) is 0 Å². The summed E-state index contributed by atoms with van der Waals surface area (Å²) in [6, 6.07) is 15.7. The van der Waals surface area contributed by atoms with Gasteiger partial charge >= 0.3 is 0 Å². The van der Waals surface area contributed by atoms with Crippen LogP contribution in [0.15, 0.2) is 67.3 Å². The second kappa shape index (κ2) is 11.1. The standard InChI is InChI=1S/C24H26Cl2N2O3/c25-20-10-9-19(22(26)13-20)15-30-24-8-4-7-21(31-24)16-29-23(14-28-12-11-27-17-28)18-5-2-1-3-6-18/h1-3,5-6,9-13,17,21,23-24H,4,7-8,14-16H2/t21-,23?,24-/m1/s1. The summed E-state index contributed by atoms with van der Waals surface area (Å²) < 4.78 is 20.5. The molecule has 1 aliphatic rings.